The maximum absolute atomic E-state index is 13.3. The predicted octanol–water partition coefficient (Wildman–Crippen LogP) is 6.76. The van der Waals surface area contributed by atoms with E-state index in [1.807, 2.05) is 77.1 Å². The van der Waals surface area contributed by atoms with Crippen LogP contribution in [0.3, 0.4) is 0 Å². The fourth-order valence-corrected chi connectivity index (χ4v) is 8.91. The van der Waals surface area contributed by atoms with Gasteiger partial charge >= 0.3 is 6.03 Å². The summed E-state index contributed by atoms with van der Waals surface area (Å²) in [5.74, 6) is 1.31. The van der Waals surface area contributed by atoms with Crippen molar-refractivity contribution in [2.75, 3.05) is 48.7 Å². The van der Waals surface area contributed by atoms with E-state index in [9.17, 15) is 24.3 Å². The summed E-state index contributed by atoms with van der Waals surface area (Å²) in [7, 11) is 0. The summed E-state index contributed by atoms with van der Waals surface area (Å²) in [5, 5.41) is 27.8. The first-order valence-electron chi connectivity index (χ1n) is 22.7. The van der Waals surface area contributed by atoms with Gasteiger partial charge in [0.2, 0.25) is 11.8 Å². The standard InChI is InChI=1S/C48H59N11O5/c1-4-10-40(60)36-14-9-21-49-44(36)53-41-27-42(59-45(54-41)37(29-51-59)31(2)3)50-28-32-15-17-34(18-16-32)52-48(64)57-25-23-56(24-26-57)22-7-5-6-11-33-12-8-13-35-38(33)30-58(47(35)63)39-19-20-43(61)55-46(39)62/h8-9,12-18,21,27,29,31,39-40,50,60H,4-7,10-11,19-20,22-26,28,30H2,1-3H3,(H,52,64)(H,49,53,54)(H,55,61,62). The molecule has 3 aliphatic heterocycles. The third-order valence-corrected chi connectivity index (χ3v) is 12.6. The van der Waals surface area contributed by atoms with Gasteiger partial charge in [-0.1, -0.05) is 63.9 Å². The van der Waals surface area contributed by atoms with Gasteiger partial charge in [-0.3, -0.25) is 24.6 Å². The van der Waals surface area contributed by atoms with E-state index in [-0.39, 0.29) is 36.1 Å². The zero-order chi connectivity index (χ0) is 44.7. The predicted molar refractivity (Wildman–Crippen MR) is 245 cm³/mol. The Hall–Kier alpha value is -6.39. The highest BCUT2D eigenvalue weighted by atomic mass is 16.3. The molecule has 2 fully saturated rings. The molecule has 0 saturated carbocycles. The van der Waals surface area contributed by atoms with Crippen molar-refractivity contribution in [1.29, 1.82) is 0 Å². The number of anilines is 4. The minimum absolute atomic E-state index is 0.104. The third kappa shape index (κ3) is 10.0. The Morgan fingerprint density at radius 1 is 0.969 bits per heavy atom. The molecule has 2 saturated heterocycles. The number of aliphatic hydroxyl groups is 1. The van der Waals surface area contributed by atoms with E-state index >= 15 is 0 Å². The monoisotopic (exact) mass is 869 g/mol. The molecule has 5 N–H and O–H groups in total. The van der Waals surface area contributed by atoms with Crippen molar-refractivity contribution in [3.05, 3.63) is 106 Å². The van der Waals surface area contributed by atoms with Crippen LogP contribution in [-0.4, -0.2) is 102 Å². The van der Waals surface area contributed by atoms with E-state index in [1.54, 1.807) is 11.1 Å². The van der Waals surface area contributed by atoms with Crippen molar-refractivity contribution in [3.63, 3.8) is 0 Å². The Kier molecular flexibility index (Phi) is 13.8. The van der Waals surface area contributed by atoms with Gasteiger partial charge in [-0.2, -0.15) is 9.61 Å². The van der Waals surface area contributed by atoms with Crippen molar-refractivity contribution < 1.29 is 24.3 Å². The Balaban J connectivity index is 0.782. The lowest BCUT2D eigenvalue weighted by Crippen LogP contribution is -2.52. The summed E-state index contributed by atoms with van der Waals surface area (Å²) in [6.45, 7) is 11.1. The van der Waals surface area contributed by atoms with Crippen LogP contribution in [-0.2, 0) is 29.1 Å². The zero-order valence-electron chi connectivity index (χ0n) is 37.0. The van der Waals surface area contributed by atoms with Crippen LogP contribution >= 0.6 is 0 Å². The van der Waals surface area contributed by atoms with Gasteiger partial charge in [-0.25, -0.2) is 14.8 Å². The molecule has 3 aliphatic rings. The number of hydrogen-bond donors (Lipinski definition) is 5. The first-order valence-corrected chi connectivity index (χ1v) is 22.7. The molecule has 2 unspecified atom stereocenters. The van der Waals surface area contributed by atoms with Crippen LogP contribution < -0.4 is 21.3 Å². The Morgan fingerprint density at radius 3 is 2.55 bits per heavy atom. The molecule has 0 bridgehead atoms. The lowest BCUT2D eigenvalue weighted by molar-refractivity contribution is -0.136. The van der Waals surface area contributed by atoms with Gasteiger partial charge in [-0.05, 0) is 85.5 Å². The first-order chi connectivity index (χ1) is 31.1. The van der Waals surface area contributed by atoms with Gasteiger partial charge in [0.1, 0.15) is 23.5 Å². The number of fused-ring (bicyclic) bond motifs is 2. The second-order valence-corrected chi connectivity index (χ2v) is 17.4. The van der Waals surface area contributed by atoms with E-state index in [4.69, 9.17) is 4.98 Å². The number of amides is 5. The van der Waals surface area contributed by atoms with Crippen molar-refractivity contribution in [1.82, 2.24) is 39.6 Å². The lowest BCUT2D eigenvalue weighted by Gasteiger charge is -2.34. The maximum Gasteiger partial charge on any atom is 0.321 e. The fraction of sp³-hybridized carbons (Fsp3) is 0.438. The molecule has 0 spiro atoms. The molecule has 8 rings (SSSR count). The molecule has 16 heteroatoms. The molecule has 0 aliphatic carbocycles. The quantitative estimate of drug-likeness (QED) is 0.0491. The number of aryl methyl sites for hydroxylation is 1. The molecular weight excluding hydrogens is 811 g/mol. The molecule has 5 aromatic rings. The molecule has 16 nitrogen and oxygen atoms in total. The average molecular weight is 870 g/mol. The number of unbranched alkanes of at least 4 members (excludes halogenated alkanes) is 2. The van der Waals surface area contributed by atoms with Crippen molar-refractivity contribution in [3.8, 4) is 0 Å². The van der Waals surface area contributed by atoms with Crippen LogP contribution in [0.2, 0.25) is 0 Å². The summed E-state index contributed by atoms with van der Waals surface area (Å²) in [5.41, 5.74) is 7.05. The van der Waals surface area contributed by atoms with Gasteiger partial charge in [0.25, 0.3) is 5.91 Å². The fourth-order valence-electron chi connectivity index (χ4n) is 8.91. The van der Waals surface area contributed by atoms with Crippen LogP contribution in [0.25, 0.3) is 5.65 Å². The number of urea groups is 1. The second kappa shape index (κ2) is 20.0. The van der Waals surface area contributed by atoms with Crippen LogP contribution in [0, 0.1) is 0 Å². The van der Waals surface area contributed by atoms with Gasteiger partial charge in [0.05, 0.1) is 12.3 Å². The van der Waals surface area contributed by atoms with Gasteiger partial charge in [-0.15, -0.1) is 0 Å². The largest absolute Gasteiger partial charge is 0.388 e. The average Bonchev–Trinajstić information content (AvgIpc) is 3.88. The number of aliphatic hydroxyl groups excluding tert-OH is 1. The Morgan fingerprint density at radius 2 is 1.78 bits per heavy atom. The highest BCUT2D eigenvalue weighted by molar-refractivity contribution is 6.05. The number of piperidine rings is 1. The van der Waals surface area contributed by atoms with E-state index in [1.165, 1.54) is 0 Å². The van der Waals surface area contributed by atoms with Crippen LogP contribution in [0.4, 0.5) is 27.9 Å². The van der Waals surface area contributed by atoms with E-state index < -0.39 is 12.1 Å². The number of aromatic nitrogens is 4. The van der Waals surface area contributed by atoms with Crippen molar-refractivity contribution in [2.24, 2.45) is 0 Å². The minimum atomic E-state index is -0.634. The summed E-state index contributed by atoms with van der Waals surface area (Å²) < 4.78 is 1.81. The first kappa shape index (κ1) is 44.2. The third-order valence-electron chi connectivity index (χ3n) is 12.6. The SMILES string of the molecule is CCCC(O)c1cccnc1Nc1cc(NCc2ccc(NC(=O)N3CCN(CCCCCc4cccc5c4CN(C4CCC(=O)NC4=O)C5=O)CC3)cc2)n2ncc(C(C)C)c2n1. The molecule has 0 radical (unpaired) electrons. The lowest BCUT2D eigenvalue weighted by atomic mass is 9.98. The van der Waals surface area contributed by atoms with E-state index in [2.05, 4.69) is 56.2 Å². The molecule has 336 valence electrons. The number of benzene rings is 2. The Labute approximate surface area is 373 Å². The van der Waals surface area contributed by atoms with Crippen molar-refractivity contribution >= 4 is 52.5 Å². The minimum Gasteiger partial charge on any atom is -0.388 e. The number of nitrogens with one attached hydrogen (secondary N) is 4. The number of nitrogens with zero attached hydrogens (tertiary/aromatic N) is 7. The number of carbonyl (C=O) groups is 4. The maximum atomic E-state index is 13.3. The summed E-state index contributed by atoms with van der Waals surface area (Å²) >= 11 is 0. The number of piperazine rings is 1. The molecule has 2 atom stereocenters. The number of imide groups is 1. The van der Waals surface area contributed by atoms with Gasteiger partial charge in [0, 0.05) is 80.3 Å². The molecule has 64 heavy (non-hydrogen) atoms. The molecule has 6 heterocycles. The smallest absolute Gasteiger partial charge is 0.321 e. The van der Waals surface area contributed by atoms with Gasteiger partial charge < -0.3 is 30.9 Å². The number of pyridine rings is 1. The van der Waals surface area contributed by atoms with Crippen LogP contribution in [0.1, 0.15) is 116 Å². The molecule has 5 amide bonds. The summed E-state index contributed by atoms with van der Waals surface area (Å²) in [4.78, 5) is 65.9. The highest BCUT2D eigenvalue weighted by Crippen LogP contribution is 2.32. The number of hydrogen-bond acceptors (Lipinski definition) is 11. The second-order valence-electron chi connectivity index (χ2n) is 17.4. The molecule has 3 aromatic heterocycles. The van der Waals surface area contributed by atoms with E-state index in [0.717, 1.165) is 96.7 Å². The van der Waals surface area contributed by atoms with Crippen LogP contribution in [0.15, 0.2) is 73.1 Å². The topological polar surface area (TPSA) is 189 Å². The van der Waals surface area contributed by atoms with Crippen molar-refractivity contribution in [2.45, 2.75) is 103 Å². The van der Waals surface area contributed by atoms with Gasteiger partial charge in [0.15, 0.2) is 5.65 Å². The highest BCUT2D eigenvalue weighted by Gasteiger charge is 2.39. The number of carbonyl (C=O) groups excluding carboxylic acids is 4. The Bertz CT molecular complexity index is 2480. The number of rotatable bonds is 17. The normalized spacial score (nSPS) is 17.2. The van der Waals surface area contributed by atoms with E-state index in [0.29, 0.717) is 56.2 Å². The molecule has 2 aromatic carbocycles. The van der Waals surface area contributed by atoms with Crippen LogP contribution in [0.5, 0.6) is 0 Å². The zero-order valence-corrected chi connectivity index (χ0v) is 37.0. The summed E-state index contributed by atoms with van der Waals surface area (Å²) in [6.07, 6.45) is 8.95. The molecular formula is C48H59N11O5. The summed E-state index contributed by atoms with van der Waals surface area (Å²) in [6, 6.07) is 18.6.